The molecule has 0 saturated heterocycles. The number of nitrogens with zero attached hydrogens (tertiary/aromatic N) is 1. The first kappa shape index (κ1) is 11.5. The lowest BCUT2D eigenvalue weighted by molar-refractivity contribution is -0.201. The van der Waals surface area contributed by atoms with Crippen LogP contribution in [0.15, 0.2) is 12.4 Å². The highest BCUT2D eigenvalue weighted by Crippen LogP contribution is 2.19. The van der Waals surface area contributed by atoms with Crippen LogP contribution in [0.4, 0.5) is 13.2 Å². The topological polar surface area (TPSA) is 78.0 Å². The summed E-state index contributed by atoms with van der Waals surface area (Å²) in [6, 6.07) is 0. The Morgan fingerprint density at radius 2 is 2.33 bits per heavy atom. The molecule has 0 aliphatic carbocycles. The van der Waals surface area contributed by atoms with Gasteiger partial charge in [0.15, 0.2) is 6.10 Å². The Morgan fingerprint density at radius 3 is 2.80 bits per heavy atom. The van der Waals surface area contributed by atoms with Gasteiger partial charge in [0.05, 0.1) is 18.3 Å². The quantitative estimate of drug-likeness (QED) is 0.678. The lowest BCUT2D eigenvalue weighted by Crippen LogP contribution is -2.40. The third-order valence-corrected chi connectivity index (χ3v) is 1.59. The summed E-state index contributed by atoms with van der Waals surface area (Å²) in [5, 5.41) is 16.3. The summed E-state index contributed by atoms with van der Waals surface area (Å²) in [5.41, 5.74) is 0.101. The standard InChI is InChI=1S/C7H8F3N3O2/c8-7(9,10)5(14)3-11-6(15)4-1-12-13-2-4/h1-2,5,14H,3H2,(H,11,15)(H,12,13). The molecule has 84 valence electrons. The number of hydrogen-bond donors (Lipinski definition) is 3. The summed E-state index contributed by atoms with van der Waals surface area (Å²) in [4.78, 5) is 11.1. The van der Waals surface area contributed by atoms with Gasteiger partial charge in [-0.05, 0) is 0 Å². The second-order valence-electron chi connectivity index (χ2n) is 2.75. The van der Waals surface area contributed by atoms with Crippen molar-refractivity contribution in [3.8, 4) is 0 Å². The van der Waals surface area contributed by atoms with E-state index >= 15 is 0 Å². The van der Waals surface area contributed by atoms with E-state index in [9.17, 15) is 18.0 Å². The van der Waals surface area contributed by atoms with E-state index in [1.165, 1.54) is 6.20 Å². The van der Waals surface area contributed by atoms with Crippen LogP contribution >= 0.6 is 0 Å². The van der Waals surface area contributed by atoms with Gasteiger partial charge in [-0.1, -0.05) is 0 Å². The van der Waals surface area contributed by atoms with Crippen molar-refractivity contribution in [2.75, 3.05) is 6.54 Å². The zero-order valence-corrected chi connectivity index (χ0v) is 7.38. The van der Waals surface area contributed by atoms with E-state index in [0.717, 1.165) is 6.20 Å². The van der Waals surface area contributed by atoms with Crippen LogP contribution in [0.2, 0.25) is 0 Å². The zero-order valence-electron chi connectivity index (χ0n) is 7.38. The Kier molecular flexibility index (Phi) is 3.30. The molecule has 3 N–H and O–H groups in total. The van der Waals surface area contributed by atoms with Crippen LogP contribution in [0, 0.1) is 0 Å². The van der Waals surface area contributed by atoms with E-state index in [1.54, 1.807) is 0 Å². The SMILES string of the molecule is O=C(NCC(O)C(F)(F)F)c1cn[nH]c1. The molecule has 15 heavy (non-hydrogen) atoms. The molecular weight excluding hydrogens is 215 g/mol. The first-order chi connectivity index (χ1) is 6.91. The molecule has 5 nitrogen and oxygen atoms in total. The fourth-order valence-corrected chi connectivity index (χ4v) is 0.782. The second-order valence-corrected chi connectivity index (χ2v) is 2.75. The number of rotatable bonds is 3. The van der Waals surface area contributed by atoms with Crippen LogP contribution < -0.4 is 5.32 Å². The number of aromatic amines is 1. The molecule has 0 aliphatic rings. The zero-order chi connectivity index (χ0) is 11.5. The fourth-order valence-electron chi connectivity index (χ4n) is 0.782. The predicted octanol–water partition coefficient (Wildman–Crippen LogP) is 0.0627. The smallest absolute Gasteiger partial charge is 0.382 e. The Labute approximate surface area is 82.3 Å². The Balaban J connectivity index is 2.42. The normalized spacial score (nSPS) is 13.6. The van der Waals surface area contributed by atoms with Crippen molar-refractivity contribution < 1.29 is 23.1 Å². The van der Waals surface area contributed by atoms with E-state index < -0.39 is 24.7 Å². The van der Waals surface area contributed by atoms with Crippen LogP contribution in [0.1, 0.15) is 10.4 Å². The van der Waals surface area contributed by atoms with E-state index in [1.807, 2.05) is 5.32 Å². The molecule has 0 bridgehead atoms. The van der Waals surface area contributed by atoms with E-state index in [0.29, 0.717) is 0 Å². The number of carbonyl (C=O) groups is 1. The molecule has 1 atom stereocenters. The number of alkyl halides is 3. The molecule has 0 aromatic carbocycles. The number of hydrogen-bond acceptors (Lipinski definition) is 3. The van der Waals surface area contributed by atoms with E-state index in [-0.39, 0.29) is 5.56 Å². The summed E-state index contributed by atoms with van der Waals surface area (Å²) in [6.07, 6.45) is -4.90. The molecule has 1 unspecified atom stereocenters. The van der Waals surface area contributed by atoms with Gasteiger partial charge in [-0.15, -0.1) is 0 Å². The summed E-state index contributed by atoms with van der Waals surface area (Å²) in [5.74, 6) is -0.730. The maximum absolute atomic E-state index is 11.8. The van der Waals surface area contributed by atoms with Gasteiger partial charge in [-0.2, -0.15) is 18.3 Å². The van der Waals surface area contributed by atoms with E-state index in [4.69, 9.17) is 5.11 Å². The van der Waals surface area contributed by atoms with Crippen molar-refractivity contribution in [3.63, 3.8) is 0 Å². The minimum Gasteiger partial charge on any atom is -0.382 e. The van der Waals surface area contributed by atoms with Gasteiger partial charge >= 0.3 is 6.18 Å². The lowest BCUT2D eigenvalue weighted by atomic mass is 10.3. The largest absolute Gasteiger partial charge is 0.416 e. The van der Waals surface area contributed by atoms with Crippen LogP contribution in [0.5, 0.6) is 0 Å². The number of H-pyrrole nitrogens is 1. The number of aliphatic hydroxyl groups is 1. The molecule has 0 saturated carbocycles. The average molecular weight is 223 g/mol. The molecule has 1 aromatic rings. The molecule has 0 fully saturated rings. The van der Waals surface area contributed by atoms with Gasteiger partial charge in [0.2, 0.25) is 0 Å². The second kappa shape index (κ2) is 4.30. The Morgan fingerprint density at radius 1 is 1.67 bits per heavy atom. The molecule has 0 aliphatic heterocycles. The van der Waals surface area contributed by atoms with Crippen LogP contribution in [-0.4, -0.2) is 40.0 Å². The molecule has 0 radical (unpaired) electrons. The average Bonchev–Trinajstić information content (AvgIpc) is 2.64. The maximum Gasteiger partial charge on any atom is 0.416 e. The number of halogens is 3. The highest BCUT2D eigenvalue weighted by atomic mass is 19.4. The fraction of sp³-hybridized carbons (Fsp3) is 0.429. The van der Waals surface area contributed by atoms with Crippen LogP contribution in [0.25, 0.3) is 0 Å². The summed E-state index contributed by atoms with van der Waals surface area (Å²) < 4.78 is 35.5. The van der Waals surface area contributed by atoms with Gasteiger partial charge in [0.25, 0.3) is 5.91 Å². The number of amides is 1. The minimum absolute atomic E-state index is 0.101. The van der Waals surface area contributed by atoms with Gasteiger partial charge in [0.1, 0.15) is 0 Å². The van der Waals surface area contributed by atoms with E-state index in [2.05, 4.69) is 10.2 Å². The molecule has 1 amide bonds. The molecule has 0 spiro atoms. The molecule has 1 heterocycles. The first-order valence-electron chi connectivity index (χ1n) is 3.93. The number of aromatic nitrogens is 2. The summed E-state index contributed by atoms with van der Waals surface area (Å²) >= 11 is 0. The molecule has 1 rings (SSSR count). The maximum atomic E-state index is 11.8. The molecular formula is C7H8F3N3O2. The van der Waals surface area contributed by atoms with Crippen molar-refractivity contribution in [2.45, 2.75) is 12.3 Å². The number of carbonyl (C=O) groups excluding carboxylic acids is 1. The minimum atomic E-state index is -4.73. The Bertz CT molecular complexity index is 323. The van der Waals surface area contributed by atoms with Gasteiger partial charge in [0, 0.05) is 6.20 Å². The highest BCUT2D eigenvalue weighted by Gasteiger charge is 2.38. The predicted molar refractivity (Wildman–Crippen MR) is 43.0 cm³/mol. The monoisotopic (exact) mass is 223 g/mol. The van der Waals surface area contributed by atoms with Gasteiger partial charge in [-0.3, -0.25) is 9.89 Å². The van der Waals surface area contributed by atoms with Crippen molar-refractivity contribution in [1.82, 2.24) is 15.5 Å². The van der Waals surface area contributed by atoms with Crippen molar-refractivity contribution in [1.29, 1.82) is 0 Å². The summed E-state index contributed by atoms with van der Waals surface area (Å²) in [7, 11) is 0. The van der Waals surface area contributed by atoms with Crippen LogP contribution in [0.3, 0.4) is 0 Å². The lowest BCUT2D eigenvalue weighted by Gasteiger charge is -2.14. The third-order valence-electron chi connectivity index (χ3n) is 1.59. The van der Waals surface area contributed by atoms with Crippen LogP contribution in [-0.2, 0) is 0 Å². The third kappa shape index (κ3) is 3.24. The van der Waals surface area contributed by atoms with Crippen molar-refractivity contribution >= 4 is 5.91 Å². The number of aliphatic hydroxyl groups excluding tert-OH is 1. The van der Waals surface area contributed by atoms with Gasteiger partial charge in [-0.25, -0.2) is 0 Å². The van der Waals surface area contributed by atoms with Crippen molar-refractivity contribution in [2.24, 2.45) is 0 Å². The number of nitrogens with one attached hydrogen (secondary N) is 2. The highest BCUT2D eigenvalue weighted by molar-refractivity contribution is 5.93. The van der Waals surface area contributed by atoms with Gasteiger partial charge < -0.3 is 10.4 Å². The Hall–Kier alpha value is -1.57. The summed E-state index contributed by atoms with van der Waals surface area (Å²) in [6.45, 7) is -0.881. The molecule has 1 aromatic heterocycles. The molecule has 8 heteroatoms. The first-order valence-corrected chi connectivity index (χ1v) is 3.93. The van der Waals surface area contributed by atoms with Crippen molar-refractivity contribution in [3.05, 3.63) is 18.0 Å².